The van der Waals surface area contributed by atoms with E-state index in [0.29, 0.717) is 22.8 Å². The summed E-state index contributed by atoms with van der Waals surface area (Å²) in [5.74, 6) is -0.793. The number of hydrogen-bond acceptors (Lipinski definition) is 6. The van der Waals surface area contributed by atoms with Gasteiger partial charge in [-0.05, 0) is 29.7 Å². The van der Waals surface area contributed by atoms with Crippen LogP contribution in [0.15, 0.2) is 54.6 Å². The van der Waals surface area contributed by atoms with Crippen molar-refractivity contribution in [2.45, 2.75) is 32.4 Å². The average Bonchev–Trinajstić information content (AvgIpc) is 3.33. The summed E-state index contributed by atoms with van der Waals surface area (Å²) in [7, 11) is 0. The van der Waals surface area contributed by atoms with Crippen molar-refractivity contribution < 1.29 is 14.4 Å². The first-order chi connectivity index (χ1) is 14.9. The fraction of sp³-hybridized carbons (Fsp3) is 0.238. The van der Waals surface area contributed by atoms with Gasteiger partial charge in [0.2, 0.25) is 5.82 Å². The van der Waals surface area contributed by atoms with Gasteiger partial charge in [0.05, 0.1) is 0 Å². The molecule has 1 saturated heterocycles. The van der Waals surface area contributed by atoms with E-state index < -0.39 is 23.4 Å². The number of urea groups is 1. The Bertz CT molecular complexity index is 1140. The molecule has 1 aliphatic heterocycles. The van der Waals surface area contributed by atoms with Crippen molar-refractivity contribution in [2.75, 3.05) is 0 Å². The Morgan fingerprint density at radius 1 is 1.10 bits per heavy atom. The van der Waals surface area contributed by atoms with Gasteiger partial charge in [-0.3, -0.25) is 15.0 Å². The molecule has 0 bridgehead atoms. The lowest BCUT2D eigenvalue weighted by Gasteiger charge is -2.25. The number of rotatable bonds is 6. The van der Waals surface area contributed by atoms with E-state index in [1.807, 2.05) is 37.3 Å². The van der Waals surface area contributed by atoms with E-state index in [1.54, 1.807) is 31.2 Å². The van der Waals surface area contributed by atoms with Crippen LogP contribution in [0, 0.1) is 6.92 Å². The maximum absolute atomic E-state index is 13.1. The molecule has 0 radical (unpaired) electrons. The van der Waals surface area contributed by atoms with Gasteiger partial charge in [0.25, 0.3) is 11.8 Å². The normalized spacial score (nSPS) is 18.2. The van der Waals surface area contributed by atoms with Gasteiger partial charge in [-0.15, -0.1) is 10.2 Å². The van der Waals surface area contributed by atoms with Gasteiger partial charge in [0.1, 0.15) is 12.1 Å². The summed E-state index contributed by atoms with van der Waals surface area (Å²) in [6.07, 6.45) is 0.332. The second-order valence-electron chi connectivity index (χ2n) is 7.19. The lowest BCUT2D eigenvalue weighted by atomic mass is 9.87. The lowest BCUT2D eigenvalue weighted by molar-refractivity contribution is -0.139. The molecule has 1 atom stereocenters. The van der Waals surface area contributed by atoms with Crippen molar-refractivity contribution in [3.05, 3.63) is 65.7 Å². The molecule has 158 valence electrons. The molecule has 0 spiro atoms. The Hall–Kier alpha value is -4.08. The number of benzene rings is 2. The van der Waals surface area contributed by atoms with E-state index in [-0.39, 0.29) is 6.54 Å². The molecule has 10 heteroatoms. The van der Waals surface area contributed by atoms with Crippen LogP contribution in [0.1, 0.15) is 24.5 Å². The van der Waals surface area contributed by atoms with Crippen molar-refractivity contribution >= 4 is 17.8 Å². The molecule has 3 aromatic rings. The third-order valence-corrected chi connectivity index (χ3v) is 5.25. The number of nitrogens with one attached hydrogen (secondary N) is 2. The number of aromatic nitrogens is 4. The van der Waals surface area contributed by atoms with Crippen molar-refractivity contribution in [2.24, 2.45) is 0 Å². The van der Waals surface area contributed by atoms with Crippen molar-refractivity contribution in [3.63, 3.8) is 0 Å². The molecule has 0 unspecified atom stereocenters. The number of amides is 4. The number of hydrazine groups is 1. The molecule has 4 rings (SSSR count). The molecule has 1 aliphatic rings. The summed E-state index contributed by atoms with van der Waals surface area (Å²) in [4.78, 5) is 39.1. The standard InChI is InChI=1S/C21H21N7O3/c1-3-21(15-10-5-4-6-11-15)19(30)28(20(31)22-21)24-17(29)13-27-25-18(23-26-27)16-12-8-7-9-14(16)2/h4-12H,3,13H2,1-2H3,(H,22,31)(H,24,29)/t21-/m1/s1. The van der Waals surface area contributed by atoms with Gasteiger partial charge in [-0.2, -0.15) is 9.81 Å². The highest BCUT2D eigenvalue weighted by Gasteiger charge is 2.52. The minimum Gasteiger partial charge on any atom is -0.318 e. The quantitative estimate of drug-likeness (QED) is 0.585. The Kier molecular flexibility index (Phi) is 5.20. The minimum atomic E-state index is -1.23. The molecule has 31 heavy (non-hydrogen) atoms. The summed E-state index contributed by atoms with van der Waals surface area (Å²) in [6, 6.07) is 15.8. The van der Waals surface area contributed by atoms with Gasteiger partial charge < -0.3 is 5.32 Å². The van der Waals surface area contributed by atoms with Gasteiger partial charge in [0.15, 0.2) is 0 Å². The molecule has 1 fully saturated rings. The average molecular weight is 419 g/mol. The lowest BCUT2D eigenvalue weighted by Crippen LogP contribution is -2.49. The number of hydrogen-bond donors (Lipinski definition) is 2. The number of carbonyl (C=O) groups excluding carboxylic acids is 3. The Labute approximate surface area is 178 Å². The van der Waals surface area contributed by atoms with E-state index in [2.05, 4.69) is 26.2 Å². The Balaban J connectivity index is 1.47. The highest BCUT2D eigenvalue weighted by molar-refractivity contribution is 6.08. The van der Waals surface area contributed by atoms with Gasteiger partial charge in [-0.25, -0.2) is 4.79 Å². The van der Waals surface area contributed by atoms with Crippen molar-refractivity contribution in [1.82, 2.24) is 36.0 Å². The maximum Gasteiger partial charge on any atom is 0.344 e. The molecular weight excluding hydrogens is 398 g/mol. The number of tetrazole rings is 1. The van der Waals surface area contributed by atoms with Gasteiger partial charge in [-0.1, -0.05) is 61.5 Å². The summed E-state index contributed by atoms with van der Waals surface area (Å²) in [5, 5.41) is 15.5. The molecule has 2 N–H and O–H groups in total. The van der Waals surface area contributed by atoms with Crippen LogP contribution in [-0.4, -0.2) is 43.1 Å². The summed E-state index contributed by atoms with van der Waals surface area (Å²) >= 11 is 0. The third kappa shape index (κ3) is 3.63. The molecule has 2 aromatic carbocycles. The van der Waals surface area contributed by atoms with E-state index in [1.165, 1.54) is 0 Å². The van der Waals surface area contributed by atoms with Crippen molar-refractivity contribution in [3.8, 4) is 11.4 Å². The topological polar surface area (TPSA) is 122 Å². The molecule has 4 amide bonds. The first-order valence-corrected chi connectivity index (χ1v) is 9.80. The van der Waals surface area contributed by atoms with Crippen molar-refractivity contribution in [1.29, 1.82) is 0 Å². The third-order valence-electron chi connectivity index (χ3n) is 5.25. The predicted octanol–water partition coefficient (Wildman–Crippen LogP) is 1.54. The number of imide groups is 1. The first-order valence-electron chi connectivity index (χ1n) is 9.80. The summed E-state index contributed by atoms with van der Waals surface area (Å²) in [6.45, 7) is 3.41. The number of aryl methyl sites for hydroxylation is 1. The van der Waals surface area contributed by atoms with Crippen LogP contribution in [0.25, 0.3) is 11.4 Å². The summed E-state index contributed by atoms with van der Waals surface area (Å²) < 4.78 is 0. The van der Waals surface area contributed by atoms with E-state index >= 15 is 0 Å². The van der Waals surface area contributed by atoms with Crippen LogP contribution in [0.2, 0.25) is 0 Å². The van der Waals surface area contributed by atoms with Gasteiger partial charge in [0, 0.05) is 5.56 Å². The molecule has 2 heterocycles. The zero-order chi connectivity index (χ0) is 22.0. The second-order valence-corrected chi connectivity index (χ2v) is 7.19. The number of carbonyl (C=O) groups is 3. The Morgan fingerprint density at radius 3 is 2.52 bits per heavy atom. The number of nitrogens with zero attached hydrogens (tertiary/aromatic N) is 5. The zero-order valence-electron chi connectivity index (χ0n) is 17.1. The second kappa shape index (κ2) is 7.98. The van der Waals surface area contributed by atoms with Crippen LogP contribution in [0.4, 0.5) is 4.79 Å². The highest BCUT2D eigenvalue weighted by Crippen LogP contribution is 2.31. The fourth-order valence-corrected chi connectivity index (χ4v) is 3.57. The molecule has 1 aromatic heterocycles. The molecular formula is C21H21N7O3. The van der Waals surface area contributed by atoms with E-state index in [0.717, 1.165) is 15.9 Å². The molecule has 0 saturated carbocycles. The first kappa shape index (κ1) is 20.2. The smallest absolute Gasteiger partial charge is 0.318 e. The zero-order valence-corrected chi connectivity index (χ0v) is 17.1. The van der Waals surface area contributed by atoms with Crippen LogP contribution in [-0.2, 0) is 21.7 Å². The highest BCUT2D eigenvalue weighted by atomic mass is 16.2. The Morgan fingerprint density at radius 2 is 1.81 bits per heavy atom. The monoisotopic (exact) mass is 419 g/mol. The van der Waals surface area contributed by atoms with E-state index in [4.69, 9.17) is 0 Å². The maximum atomic E-state index is 13.1. The van der Waals surface area contributed by atoms with E-state index in [9.17, 15) is 14.4 Å². The van der Waals surface area contributed by atoms with Crippen LogP contribution in [0.5, 0.6) is 0 Å². The fourth-order valence-electron chi connectivity index (χ4n) is 3.57. The van der Waals surface area contributed by atoms with Crippen LogP contribution in [0.3, 0.4) is 0 Å². The van der Waals surface area contributed by atoms with Crippen LogP contribution < -0.4 is 10.7 Å². The molecule has 0 aliphatic carbocycles. The minimum absolute atomic E-state index is 0.305. The van der Waals surface area contributed by atoms with Crippen LogP contribution >= 0.6 is 0 Å². The summed E-state index contributed by atoms with van der Waals surface area (Å²) in [5.41, 5.74) is 3.55. The predicted molar refractivity (Wildman–Crippen MR) is 110 cm³/mol. The van der Waals surface area contributed by atoms with Gasteiger partial charge >= 0.3 is 6.03 Å². The SMILES string of the molecule is CC[C@]1(c2ccccc2)NC(=O)N(NC(=O)Cn2nnc(-c3ccccc3C)n2)C1=O. The largest absolute Gasteiger partial charge is 0.344 e. The molecule has 10 nitrogen and oxygen atoms in total.